The van der Waals surface area contributed by atoms with E-state index in [9.17, 15) is 4.79 Å². The van der Waals surface area contributed by atoms with Crippen LogP contribution in [-0.4, -0.2) is 67.5 Å². The molecule has 0 bridgehead atoms. The van der Waals surface area contributed by atoms with Crippen molar-refractivity contribution in [3.8, 4) is 5.75 Å². The van der Waals surface area contributed by atoms with E-state index < -0.39 is 0 Å². The Bertz CT molecular complexity index is 802. The van der Waals surface area contributed by atoms with Crippen LogP contribution >= 0.6 is 11.6 Å². The molecule has 1 aliphatic heterocycles. The minimum Gasteiger partial charge on any atom is -0.489 e. The molecule has 1 unspecified atom stereocenters. The number of nitrogens with one attached hydrogen (secondary N) is 1. The standard InChI is InChI=1S/C20H25ClN4O3/c1-15(28-17-6-3-5-16(21)13-17)14-23-20(22-2)25-10-8-24(9-11-25)19(26)18-7-4-12-27-18/h3-7,12-13,15H,8-11,14H2,1-2H3,(H,22,23). The van der Waals surface area contributed by atoms with Crippen LogP contribution in [0.2, 0.25) is 5.02 Å². The highest BCUT2D eigenvalue weighted by atomic mass is 35.5. The fourth-order valence-electron chi connectivity index (χ4n) is 3.06. The first-order chi connectivity index (χ1) is 13.6. The first kappa shape index (κ1) is 20.1. The van der Waals surface area contributed by atoms with Crippen LogP contribution in [0.25, 0.3) is 0 Å². The number of nitrogens with zero attached hydrogens (tertiary/aromatic N) is 3. The zero-order chi connectivity index (χ0) is 19.9. The number of rotatable bonds is 5. The predicted molar refractivity (Wildman–Crippen MR) is 109 cm³/mol. The number of halogens is 1. The summed E-state index contributed by atoms with van der Waals surface area (Å²) >= 11 is 5.99. The van der Waals surface area contributed by atoms with E-state index in [0.29, 0.717) is 43.5 Å². The summed E-state index contributed by atoms with van der Waals surface area (Å²) in [6.45, 7) is 5.24. The number of hydrogen-bond donors (Lipinski definition) is 1. The van der Waals surface area contributed by atoms with Crippen LogP contribution in [0.15, 0.2) is 52.1 Å². The van der Waals surface area contributed by atoms with E-state index in [4.69, 9.17) is 20.8 Å². The van der Waals surface area contributed by atoms with Gasteiger partial charge in [-0.05, 0) is 37.3 Å². The van der Waals surface area contributed by atoms with Gasteiger partial charge in [0.25, 0.3) is 5.91 Å². The molecule has 0 saturated carbocycles. The molecule has 1 aromatic carbocycles. The molecule has 7 nitrogen and oxygen atoms in total. The lowest BCUT2D eigenvalue weighted by Gasteiger charge is -2.36. The molecule has 0 aliphatic carbocycles. The summed E-state index contributed by atoms with van der Waals surface area (Å²) in [7, 11) is 1.76. The highest BCUT2D eigenvalue weighted by molar-refractivity contribution is 6.30. The van der Waals surface area contributed by atoms with Gasteiger partial charge in [-0.1, -0.05) is 17.7 Å². The largest absolute Gasteiger partial charge is 0.489 e. The van der Waals surface area contributed by atoms with Crippen molar-refractivity contribution >= 4 is 23.5 Å². The molecule has 1 fully saturated rings. The predicted octanol–water partition coefficient (Wildman–Crippen LogP) is 2.73. The van der Waals surface area contributed by atoms with Gasteiger partial charge in [0.1, 0.15) is 11.9 Å². The van der Waals surface area contributed by atoms with Crippen molar-refractivity contribution < 1.29 is 13.9 Å². The number of carbonyl (C=O) groups is 1. The fourth-order valence-corrected chi connectivity index (χ4v) is 3.24. The number of ether oxygens (including phenoxy) is 1. The Kier molecular flexibility index (Phi) is 6.81. The van der Waals surface area contributed by atoms with E-state index in [1.54, 1.807) is 30.1 Å². The van der Waals surface area contributed by atoms with Gasteiger partial charge in [0.15, 0.2) is 11.7 Å². The first-order valence-corrected chi connectivity index (χ1v) is 9.65. The number of piperazine rings is 1. The van der Waals surface area contributed by atoms with E-state index in [1.165, 1.54) is 6.26 Å². The number of carbonyl (C=O) groups excluding carboxylic acids is 1. The van der Waals surface area contributed by atoms with Crippen LogP contribution in [0.5, 0.6) is 5.75 Å². The number of aliphatic imine (C=N–C) groups is 1. The van der Waals surface area contributed by atoms with Crippen molar-refractivity contribution in [2.75, 3.05) is 39.8 Å². The third-order valence-electron chi connectivity index (χ3n) is 4.49. The normalized spacial score (nSPS) is 16.0. The third-order valence-corrected chi connectivity index (χ3v) is 4.73. The number of guanidine groups is 1. The molecular weight excluding hydrogens is 380 g/mol. The van der Waals surface area contributed by atoms with Crippen molar-refractivity contribution in [2.24, 2.45) is 4.99 Å². The molecular formula is C20H25ClN4O3. The SMILES string of the molecule is CN=C(NCC(C)Oc1cccc(Cl)c1)N1CCN(C(=O)c2ccco2)CC1. The van der Waals surface area contributed by atoms with E-state index in [-0.39, 0.29) is 12.0 Å². The maximum absolute atomic E-state index is 12.4. The monoisotopic (exact) mass is 404 g/mol. The van der Waals surface area contributed by atoms with E-state index in [2.05, 4.69) is 15.2 Å². The third kappa shape index (κ3) is 5.19. The minimum absolute atomic E-state index is 0.0583. The average Bonchev–Trinajstić information content (AvgIpc) is 3.23. The summed E-state index contributed by atoms with van der Waals surface area (Å²) in [5.41, 5.74) is 0. The Morgan fingerprint density at radius 1 is 1.25 bits per heavy atom. The smallest absolute Gasteiger partial charge is 0.289 e. The van der Waals surface area contributed by atoms with Crippen LogP contribution < -0.4 is 10.1 Å². The van der Waals surface area contributed by atoms with Gasteiger partial charge in [0, 0.05) is 38.2 Å². The second kappa shape index (κ2) is 9.50. The van der Waals surface area contributed by atoms with Crippen LogP contribution in [0.4, 0.5) is 0 Å². The zero-order valence-electron chi connectivity index (χ0n) is 16.1. The molecule has 3 rings (SSSR count). The molecule has 28 heavy (non-hydrogen) atoms. The molecule has 0 radical (unpaired) electrons. The summed E-state index contributed by atoms with van der Waals surface area (Å²) in [5, 5.41) is 3.99. The van der Waals surface area contributed by atoms with Gasteiger partial charge < -0.3 is 24.3 Å². The average molecular weight is 405 g/mol. The fraction of sp³-hybridized carbons (Fsp3) is 0.400. The van der Waals surface area contributed by atoms with Gasteiger partial charge in [0.05, 0.1) is 12.8 Å². The maximum atomic E-state index is 12.4. The Labute approximate surface area is 169 Å². The second-order valence-electron chi connectivity index (χ2n) is 6.57. The molecule has 1 aliphatic rings. The van der Waals surface area contributed by atoms with Gasteiger partial charge in [0.2, 0.25) is 0 Å². The molecule has 1 N–H and O–H groups in total. The summed E-state index contributed by atoms with van der Waals surface area (Å²) in [5.74, 6) is 1.84. The number of benzene rings is 1. The van der Waals surface area contributed by atoms with Crippen LogP contribution in [-0.2, 0) is 0 Å². The van der Waals surface area contributed by atoms with Crippen molar-refractivity contribution in [1.29, 1.82) is 0 Å². The van der Waals surface area contributed by atoms with Gasteiger partial charge in [-0.2, -0.15) is 0 Å². The lowest BCUT2D eigenvalue weighted by molar-refractivity contribution is 0.0657. The lowest BCUT2D eigenvalue weighted by atomic mass is 10.3. The molecule has 1 amide bonds. The topological polar surface area (TPSA) is 70.3 Å². The van der Waals surface area contributed by atoms with Crippen molar-refractivity contribution in [2.45, 2.75) is 13.0 Å². The summed E-state index contributed by atoms with van der Waals surface area (Å²) in [6.07, 6.45) is 1.46. The molecule has 150 valence electrons. The van der Waals surface area contributed by atoms with Crippen LogP contribution in [0.3, 0.4) is 0 Å². The lowest BCUT2D eigenvalue weighted by Crippen LogP contribution is -2.54. The molecule has 0 spiro atoms. The Morgan fingerprint density at radius 2 is 2.00 bits per heavy atom. The number of hydrogen-bond acceptors (Lipinski definition) is 4. The quantitative estimate of drug-likeness (QED) is 0.613. The van der Waals surface area contributed by atoms with Crippen LogP contribution in [0, 0.1) is 0 Å². The van der Waals surface area contributed by atoms with Crippen molar-refractivity contribution in [3.05, 3.63) is 53.4 Å². The Morgan fingerprint density at radius 3 is 2.64 bits per heavy atom. The van der Waals surface area contributed by atoms with E-state index in [1.807, 2.05) is 25.1 Å². The Hall–Kier alpha value is -2.67. The first-order valence-electron chi connectivity index (χ1n) is 9.27. The van der Waals surface area contributed by atoms with Gasteiger partial charge in [-0.3, -0.25) is 9.79 Å². The summed E-state index contributed by atoms with van der Waals surface area (Å²) in [4.78, 5) is 20.7. The molecule has 2 aromatic rings. The number of amides is 1. The minimum atomic E-state index is -0.0730. The summed E-state index contributed by atoms with van der Waals surface area (Å²) in [6, 6.07) is 10.8. The highest BCUT2D eigenvalue weighted by Gasteiger charge is 2.25. The van der Waals surface area contributed by atoms with Gasteiger partial charge in [-0.25, -0.2) is 0 Å². The van der Waals surface area contributed by atoms with Gasteiger partial charge >= 0.3 is 0 Å². The maximum Gasteiger partial charge on any atom is 0.289 e. The number of furan rings is 1. The Balaban J connectivity index is 1.46. The van der Waals surface area contributed by atoms with E-state index in [0.717, 1.165) is 11.7 Å². The van der Waals surface area contributed by atoms with E-state index >= 15 is 0 Å². The summed E-state index contributed by atoms with van der Waals surface area (Å²) < 4.78 is 11.1. The second-order valence-corrected chi connectivity index (χ2v) is 7.01. The van der Waals surface area contributed by atoms with Crippen molar-refractivity contribution in [3.63, 3.8) is 0 Å². The molecule has 1 saturated heterocycles. The van der Waals surface area contributed by atoms with Gasteiger partial charge in [-0.15, -0.1) is 0 Å². The van der Waals surface area contributed by atoms with Crippen molar-refractivity contribution in [1.82, 2.24) is 15.1 Å². The molecule has 1 aromatic heterocycles. The highest BCUT2D eigenvalue weighted by Crippen LogP contribution is 2.18. The zero-order valence-corrected chi connectivity index (χ0v) is 16.9. The molecule has 2 heterocycles. The molecule has 8 heteroatoms. The molecule has 1 atom stereocenters. The van der Waals surface area contributed by atoms with Crippen LogP contribution in [0.1, 0.15) is 17.5 Å².